The monoisotopic (exact) mass is 230 g/mol. The molecule has 0 amide bonds. The van der Waals surface area contributed by atoms with Gasteiger partial charge in [-0.3, -0.25) is 0 Å². The summed E-state index contributed by atoms with van der Waals surface area (Å²) in [5, 5.41) is 7.91. The molecule has 1 N–H and O–H groups in total. The lowest BCUT2D eigenvalue weighted by Crippen LogP contribution is -2.53. The van der Waals surface area contributed by atoms with Crippen molar-refractivity contribution in [2.45, 2.75) is 18.2 Å². The van der Waals surface area contributed by atoms with E-state index in [1.165, 1.54) is 0 Å². The standard InChI is InChI=1S/C5H5F7O2/c6-3(7,4(8,9)10)5(11,12)14-2-1-13/h13H,1-2H2. The highest BCUT2D eigenvalue weighted by Crippen LogP contribution is 2.46. The second-order valence-electron chi connectivity index (χ2n) is 2.16. The van der Waals surface area contributed by atoms with Gasteiger partial charge in [0, 0.05) is 0 Å². The second-order valence-corrected chi connectivity index (χ2v) is 2.16. The van der Waals surface area contributed by atoms with Crippen molar-refractivity contribution < 1.29 is 40.6 Å². The minimum Gasteiger partial charge on any atom is -0.394 e. The summed E-state index contributed by atoms with van der Waals surface area (Å²) in [4.78, 5) is 0. The van der Waals surface area contributed by atoms with Crippen molar-refractivity contribution >= 4 is 0 Å². The van der Waals surface area contributed by atoms with Gasteiger partial charge in [0.15, 0.2) is 0 Å². The Labute approximate surface area is 73.3 Å². The zero-order valence-corrected chi connectivity index (χ0v) is 6.42. The predicted octanol–water partition coefficient (Wildman–Crippen LogP) is 1.79. The largest absolute Gasteiger partial charge is 0.462 e. The van der Waals surface area contributed by atoms with E-state index in [1.807, 2.05) is 0 Å². The Bertz CT molecular complexity index is 187. The average molecular weight is 230 g/mol. The Morgan fingerprint density at radius 2 is 1.36 bits per heavy atom. The van der Waals surface area contributed by atoms with Gasteiger partial charge in [-0.2, -0.15) is 30.7 Å². The van der Waals surface area contributed by atoms with Crippen LogP contribution in [0.3, 0.4) is 0 Å². The zero-order chi connectivity index (χ0) is 11.6. The smallest absolute Gasteiger partial charge is 0.394 e. The van der Waals surface area contributed by atoms with Crippen molar-refractivity contribution in [3.63, 3.8) is 0 Å². The molecule has 0 spiro atoms. The third-order valence-electron chi connectivity index (χ3n) is 1.10. The molecule has 0 fully saturated rings. The van der Waals surface area contributed by atoms with Crippen LogP contribution in [0.5, 0.6) is 0 Å². The van der Waals surface area contributed by atoms with Crippen molar-refractivity contribution in [2.24, 2.45) is 0 Å². The molecule has 0 heterocycles. The van der Waals surface area contributed by atoms with E-state index in [1.54, 1.807) is 0 Å². The fraction of sp³-hybridized carbons (Fsp3) is 1.00. The van der Waals surface area contributed by atoms with Gasteiger partial charge in [0.2, 0.25) is 0 Å². The third kappa shape index (κ3) is 2.47. The van der Waals surface area contributed by atoms with Crippen LogP contribution in [0.1, 0.15) is 0 Å². The number of aliphatic hydroxyl groups is 1. The molecular weight excluding hydrogens is 225 g/mol. The normalized spacial score (nSPS) is 14.6. The number of halogens is 7. The molecule has 9 heteroatoms. The summed E-state index contributed by atoms with van der Waals surface area (Å²) in [7, 11) is 0. The highest BCUT2D eigenvalue weighted by atomic mass is 19.4. The van der Waals surface area contributed by atoms with Crippen molar-refractivity contribution in [2.75, 3.05) is 13.2 Å². The quantitative estimate of drug-likeness (QED) is 0.746. The fourth-order valence-corrected chi connectivity index (χ4v) is 0.429. The first-order chi connectivity index (χ1) is 6.06. The maximum Gasteiger partial charge on any atom is 0.462 e. The lowest BCUT2D eigenvalue weighted by Gasteiger charge is -2.27. The Balaban J connectivity index is 4.69. The Kier molecular flexibility index (Phi) is 3.73. The highest BCUT2D eigenvalue weighted by Gasteiger charge is 2.74. The van der Waals surface area contributed by atoms with Gasteiger partial charge in [-0.05, 0) is 0 Å². The Morgan fingerprint density at radius 3 is 1.64 bits per heavy atom. The molecule has 0 saturated carbocycles. The Morgan fingerprint density at radius 1 is 0.929 bits per heavy atom. The topological polar surface area (TPSA) is 29.5 Å². The summed E-state index contributed by atoms with van der Waals surface area (Å²) < 4.78 is 85.1. The number of aliphatic hydroxyl groups excluding tert-OH is 1. The van der Waals surface area contributed by atoms with Gasteiger partial charge in [-0.25, -0.2) is 0 Å². The number of ether oxygens (including phenoxy) is 1. The molecule has 0 atom stereocenters. The lowest BCUT2D eigenvalue weighted by molar-refractivity contribution is -0.424. The van der Waals surface area contributed by atoms with Gasteiger partial charge in [-0.1, -0.05) is 0 Å². The van der Waals surface area contributed by atoms with Crippen LogP contribution in [0.2, 0.25) is 0 Å². The molecule has 0 aliphatic heterocycles. The van der Waals surface area contributed by atoms with E-state index in [0.29, 0.717) is 0 Å². The maximum atomic E-state index is 12.1. The molecule has 0 aromatic rings. The highest BCUT2D eigenvalue weighted by molar-refractivity contribution is 4.84. The third-order valence-corrected chi connectivity index (χ3v) is 1.10. The summed E-state index contributed by atoms with van der Waals surface area (Å²) in [6.07, 6.45) is -12.1. The molecule has 0 aliphatic carbocycles. The van der Waals surface area contributed by atoms with Gasteiger partial charge >= 0.3 is 18.2 Å². The first-order valence-corrected chi connectivity index (χ1v) is 3.13. The molecule has 2 nitrogen and oxygen atoms in total. The SMILES string of the molecule is OCCOC(F)(F)C(F)(F)C(F)(F)F. The zero-order valence-electron chi connectivity index (χ0n) is 6.42. The number of hydrogen-bond acceptors (Lipinski definition) is 2. The number of hydrogen-bond donors (Lipinski definition) is 1. The summed E-state index contributed by atoms with van der Waals surface area (Å²) in [5.41, 5.74) is 0. The van der Waals surface area contributed by atoms with Gasteiger partial charge in [0.1, 0.15) is 0 Å². The van der Waals surface area contributed by atoms with Crippen LogP contribution in [0.25, 0.3) is 0 Å². The molecule has 86 valence electrons. The Hall–Kier alpha value is -0.570. The van der Waals surface area contributed by atoms with E-state index >= 15 is 0 Å². The van der Waals surface area contributed by atoms with E-state index in [2.05, 4.69) is 4.74 Å². The summed E-state index contributed by atoms with van der Waals surface area (Å²) in [6, 6.07) is 0. The van der Waals surface area contributed by atoms with Crippen LogP contribution < -0.4 is 0 Å². The maximum absolute atomic E-state index is 12.1. The molecule has 0 bridgehead atoms. The van der Waals surface area contributed by atoms with Crippen molar-refractivity contribution in [1.82, 2.24) is 0 Å². The van der Waals surface area contributed by atoms with E-state index in [9.17, 15) is 30.7 Å². The summed E-state index contributed by atoms with van der Waals surface area (Å²) in [5.74, 6) is -6.28. The molecule has 0 radical (unpaired) electrons. The molecule has 0 saturated heterocycles. The number of alkyl halides is 7. The van der Waals surface area contributed by atoms with Gasteiger partial charge in [-0.15, -0.1) is 0 Å². The molecule has 0 unspecified atom stereocenters. The molecule has 0 aromatic heterocycles. The van der Waals surface area contributed by atoms with Crippen LogP contribution in [0.15, 0.2) is 0 Å². The predicted molar refractivity (Wildman–Crippen MR) is 29.0 cm³/mol. The summed E-state index contributed by atoms with van der Waals surface area (Å²) >= 11 is 0. The minimum atomic E-state index is -6.41. The lowest BCUT2D eigenvalue weighted by atomic mass is 10.3. The van der Waals surface area contributed by atoms with Gasteiger partial charge in [0.25, 0.3) is 0 Å². The molecular formula is C5H5F7O2. The minimum absolute atomic E-state index is 1.09. The molecule has 14 heavy (non-hydrogen) atoms. The van der Waals surface area contributed by atoms with E-state index in [4.69, 9.17) is 5.11 Å². The van der Waals surface area contributed by atoms with Gasteiger partial charge < -0.3 is 9.84 Å². The van der Waals surface area contributed by atoms with Crippen LogP contribution >= 0.6 is 0 Å². The van der Waals surface area contributed by atoms with Gasteiger partial charge in [0.05, 0.1) is 13.2 Å². The average Bonchev–Trinajstić information content (AvgIpc) is 1.98. The van der Waals surface area contributed by atoms with Crippen LogP contribution in [-0.2, 0) is 4.74 Å². The van der Waals surface area contributed by atoms with Crippen molar-refractivity contribution in [1.29, 1.82) is 0 Å². The number of rotatable bonds is 4. The van der Waals surface area contributed by atoms with E-state index < -0.39 is 31.4 Å². The molecule has 0 aromatic carbocycles. The van der Waals surface area contributed by atoms with Crippen LogP contribution in [-0.4, -0.2) is 36.5 Å². The van der Waals surface area contributed by atoms with E-state index in [-0.39, 0.29) is 0 Å². The van der Waals surface area contributed by atoms with E-state index in [0.717, 1.165) is 0 Å². The second kappa shape index (κ2) is 3.89. The first kappa shape index (κ1) is 13.4. The molecule has 0 aliphatic rings. The van der Waals surface area contributed by atoms with Crippen molar-refractivity contribution in [3.8, 4) is 0 Å². The fourth-order valence-electron chi connectivity index (χ4n) is 0.429. The first-order valence-electron chi connectivity index (χ1n) is 3.13. The van der Waals surface area contributed by atoms with Crippen molar-refractivity contribution in [3.05, 3.63) is 0 Å². The van der Waals surface area contributed by atoms with Crippen LogP contribution in [0, 0.1) is 0 Å². The molecule has 0 rings (SSSR count). The van der Waals surface area contributed by atoms with Crippen LogP contribution in [0.4, 0.5) is 30.7 Å². The summed E-state index contributed by atoms with van der Waals surface area (Å²) in [6.45, 7) is -2.41.